The zero-order valence-corrected chi connectivity index (χ0v) is 19.3. The Morgan fingerprint density at radius 3 is 2.48 bits per heavy atom. The first-order chi connectivity index (χ1) is 13.5. The van der Waals surface area contributed by atoms with Crippen LogP contribution in [-0.2, 0) is 16.1 Å². The second kappa shape index (κ2) is 16.0. The standard InChI is InChI=1S/C19H29F2N3O4.HI/c1-22-19(23-11-7-5-4-6-8-17(25)27-3)24-13-14-12-15(26-2)9-10-16(14)28-18(20)21;/h9-10,12,18H,4-8,11,13H2,1-3H3,(H2,22,23,24);1H. The number of hydrogen-bond acceptors (Lipinski definition) is 5. The van der Waals surface area contributed by atoms with Gasteiger partial charge >= 0.3 is 12.6 Å². The second-order valence-corrected chi connectivity index (χ2v) is 5.95. The fourth-order valence-corrected chi connectivity index (χ4v) is 2.49. The summed E-state index contributed by atoms with van der Waals surface area (Å²) in [6, 6.07) is 4.65. The van der Waals surface area contributed by atoms with Crippen molar-refractivity contribution in [2.75, 3.05) is 27.8 Å². The van der Waals surface area contributed by atoms with Gasteiger partial charge in [-0.3, -0.25) is 9.79 Å². The van der Waals surface area contributed by atoms with E-state index in [9.17, 15) is 13.6 Å². The number of aliphatic imine (C=N–C) groups is 1. The number of hydrogen-bond donors (Lipinski definition) is 2. The van der Waals surface area contributed by atoms with Gasteiger partial charge in [0, 0.05) is 32.1 Å². The predicted molar refractivity (Wildman–Crippen MR) is 118 cm³/mol. The third kappa shape index (κ3) is 11.7. The number of unbranched alkanes of at least 4 members (excludes halogenated alkanes) is 3. The molecule has 0 fully saturated rings. The van der Waals surface area contributed by atoms with Crippen molar-refractivity contribution in [1.82, 2.24) is 10.6 Å². The van der Waals surface area contributed by atoms with Gasteiger partial charge in [0.2, 0.25) is 0 Å². The smallest absolute Gasteiger partial charge is 0.387 e. The Kier molecular flexibility index (Phi) is 15.0. The minimum atomic E-state index is -2.90. The highest BCUT2D eigenvalue weighted by atomic mass is 127. The van der Waals surface area contributed by atoms with Crippen LogP contribution in [0, 0.1) is 0 Å². The SMILES string of the molecule is CN=C(NCCCCCCC(=O)OC)NCc1cc(OC)ccc1OC(F)F.I. The van der Waals surface area contributed by atoms with Crippen LogP contribution in [0.5, 0.6) is 11.5 Å². The lowest BCUT2D eigenvalue weighted by Gasteiger charge is -2.15. The monoisotopic (exact) mass is 529 g/mol. The maximum atomic E-state index is 12.6. The van der Waals surface area contributed by atoms with Gasteiger partial charge in [0.1, 0.15) is 11.5 Å². The second-order valence-electron chi connectivity index (χ2n) is 5.95. The van der Waals surface area contributed by atoms with E-state index in [-0.39, 0.29) is 42.2 Å². The van der Waals surface area contributed by atoms with E-state index >= 15 is 0 Å². The molecule has 1 aromatic carbocycles. The first kappa shape index (κ1) is 27.1. The van der Waals surface area contributed by atoms with Crippen LogP contribution in [0.2, 0.25) is 0 Å². The molecule has 166 valence electrons. The Morgan fingerprint density at radius 1 is 1.14 bits per heavy atom. The topological polar surface area (TPSA) is 81.2 Å². The largest absolute Gasteiger partial charge is 0.497 e. The van der Waals surface area contributed by atoms with E-state index in [1.54, 1.807) is 19.2 Å². The summed E-state index contributed by atoms with van der Waals surface area (Å²) in [6.45, 7) is -1.95. The van der Waals surface area contributed by atoms with Gasteiger partial charge in [-0.1, -0.05) is 12.8 Å². The molecule has 0 amide bonds. The molecular formula is C19H30F2IN3O4. The predicted octanol–water partition coefficient (Wildman–Crippen LogP) is 3.70. The van der Waals surface area contributed by atoms with Gasteiger partial charge in [0.05, 0.1) is 14.2 Å². The van der Waals surface area contributed by atoms with Crippen LogP contribution in [0.3, 0.4) is 0 Å². The van der Waals surface area contributed by atoms with Gasteiger partial charge < -0.3 is 24.8 Å². The number of nitrogens with one attached hydrogen (secondary N) is 2. The van der Waals surface area contributed by atoms with Gasteiger partial charge in [0.15, 0.2) is 5.96 Å². The van der Waals surface area contributed by atoms with Crippen LogP contribution in [0.1, 0.15) is 37.7 Å². The zero-order valence-electron chi connectivity index (χ0n) is 17.0. The highest BCUT2D eigenvalue weighted by molar-refractivity contribution is 14.0. The Labute approximate surface area is 187 Å². The minimum absolute atomic E-state index is 0. The Bertz CT molecular complexity index is 633. The molecule has 0 bridgehead atoms. The molecule has 0 radical (unpaired) electrons. The van der Waals surface area contributed by atoms with Crippen molar-refractivity contribution in [3.05, 3.63) is 23.8 Å². The lowest BCUT2D eigenvalue weighted by atomic mass is 10.1. The van der Waals surface area contributed by atoms with Gasteiger partial charge in [-0.25, -0.2) is 0 Å². The molecule has 0 aliphatic carbocycles. The van der Waals surface area contributed by atoms with Crippen molar-refractivity contribution in [2.24, 2.45) is 4.99 Å². The van der Waals surface area contributed by atoms with Crippen LogP contribution >= 0.6 is 24.0 Å². The number of benzene rings is 1. The summed E-state index contributed by atoms with van der Waals surface area (Å²) in [7, 11) is 4.53. The van der Waals surface area contributed by atoms with Gasteiger partial charge in [-0.2, -0.15) is 8.78 Å². The molecule has 10 heteroatoms. The number of esters is 1. The van der Waals surface area contributed by atoms with E-state index in [2.05, 4.69) is 25.1 Å². The number of rotatable bonds is 12. The number of alkyl halides is 2. The molecule has 29 heavy (non-hydrogen) atoms. The van der Waals surface area contributed by atoms with Crippen LogP contribution in [0.4, 0.5) is 8.78 Å². The molecule has 1 aromatic rings. The molecule has 1 rings (SSSR count). The summed E-state index contributed by atoms with van der Waals surface area (Å²) < 4.78 is 39.4. The summed E-state index contributed by atoms with van der Waals surface area (Å²) in [4.78, 5) is 15.1. The van der Waals surface area contributed by atoms with Crippen LogP contribution in [-0.4, -0.2) is 46.4 Å². The summed E-state index contributed by atoms with van der Waals surface area (Å²) in [5.41, 5.74) is 0.533. The molecule has 0 unspecified atom stereocenters. The van der Waals surface area contributed by atoms with Gasteiger partial charge in [-0.15, -0.1) is 24.0 Å². The van der Waals surface area contributed by atoms with Crippen molar-refractivity contribution in [2.45, 2.75) is 45.3 Å². The molecule has 7 nitrogen and oxygen atoms in total. The fraction of sp³-hybridized carbons (Fsp3) is 0.579. The Balaban J connectivity index is 0.00000784. The Morgan fingerprint density at radius 2 is 1.86 bits per heavy atom. The molecule has 0 aliphatic rings. The number of ether oxygens (including phenoxy) is 3. The number of carbonyl (C=O) groups is 1. The Hall–Kier alpha value is -1.85. The number of guanidine groups is 1. The van der Waals surface area contributed by atoms with Crippen molar-refractivity contribution in [3.8, 4) is 11.5 Å². The lowest BCUT2D eigenvalue weighted by Crippen LogP contribution is -2.37. The fourth-order valence-electron chi connectivity index (χ4n) is 2.49. The molecule has 0 atom stereocenters. The van der Waals surface area contributed by atoms with Crippen LogP contribution in [0.25, 0.3) is 0 Å². The maximum absolute atomic E-state index is 12.6. The van der Waals surface area contributed by atoms with Crippen LogP contribution < -0.4 is 20.1 Å². The number of nitrogens with zero attached hydrogens (tertiary/aromatic N) is 1. The molecule has 0 aromatic heterocycles. The average molecular weight is 529 g/mol. The maximum Gasteiger partial charge on any atom is 0.387 e. The third-order valence-corrected chi connectivity index (χ3v) is 3.98. The minimum Gasteiger partial charge on any atom is -0.497 e. The summed E-state index contributed by atoms with van der Waals surface area (Å²) >= 11 is 0. The van der Waals surface area contributed by atoms with E-state index in [0.29, 0.717) is 30.2 Å². The van der Waals surface area contributed by atoms with E-state index in [1.807, 2.05) is 0 Å². The van der Waals surface area contributed by atoms with Crippen molar-refractivity contribution in [1.29, 1.82) is 0 Å². The number of methoxy groups -OCH3 is 2. The number of carbonyl (C=O) groups excluding carboxylic acids is 1. The molecular weight excluding hydrogens is 499 g/mol. The highest BCUT2D eigenvalue weighted by Gasteiger charge is 2.11. The van der Waals surface area contributed by atoms with Crippen LogP contribution in [0.15, 0.2) is 23.2 Å². The summed E-state index contributed by atoms with van der Waals surface area (Å²) in [5.74, 6) is 1.01. The first-order valence-electron chi connectivity index (χ1n) is 9.13. The van der Waals surface area contributed by atoms with E-state index in [4.69, 9.17) is 4.74 Å². The molecule has 0 saturated carbocycles. The van der Waals surface area contributed by atoms with Crippen molar-refractivity contribution in [3.63, 3.8) is 0 Å². The lowest BCUT2D eigenvalue weighted by molar-refractivity contribution is -0.140. The van der Waals surface area contributed by atoms with E-state index in [1.165, 1.54) is 20.3 Å². The first-order valence-corrected chi connectivity index (χ1v) is 9.13. The molecule has 0 heterocycles. The van der Waals surface area contributed by atoms with Gasteiger partial charge in [-0.05, 0) is 31.0 Å². The quantitative estimate of drug-likeness (QED) is 0.141. The van der Waals surface area contributed by atoms with E-state index in [0.717, 1.165) is 25.7 Å². The molecule has 2 N–H and O–H groups in total. The average Bonchev–Trinajstić information content (AvgIpc) is 2.69. The van der Waals surface area contributed by atoms with Crippen molar-refractivity contribution < 1.29 is 27.8 Å². The molecule has 0 aliphatic heterocycles. The molecule has 0 spiro atoms. The zero-order chi connectivity index (χ0) is 20.8. The normalized spacial score (nSPS) is 10.9. The third-order valence-electron chi connectivity index (χ3n) is 3.98. The summed E-state index contributed by atoms with van der Waals surface area (Å²) in [5, 5.41) is 6.24. The summed E-state index contributed by atoms with van der Waals surface area (Å²) in [6.07, 6.45) is 4.09. The van der Waals surface area contributed by atoms with Gasteiger partial charge in [0.25, 0.3) is 0 Å². The van der Waals surface area contributed by atoms with Crippen molar-refractivity contribution >= 4 is 35.9 Å². The van der Waals surface area contributed by atoms with E-state index < -0.39 is 6.61 Å². The highest BCUT2D eigenvalue weighted by Crippen LogP contribution is 2.25. The molecule has 0 saturated heterocycles. The number of halogens is 3.